The fourth-order valence-corrected chi connectivity index (χ4v) is 3.96. The van der Waals surface area contributed by atoms with Crippen molar-refractivity contribution in [3.05, 3.63) is 64.3 Å². The van der Waals surface area contributed by atoms with Gasteiger partial charge >= 0.3 is 0 Å². The van der Waals surface area contributed by atoms with Gasteiger partial charge in [-0.1, -0.05) is 17.7 Å². The van der Waals surface area contributed by atoms with E-state index in [4.69, 9.17) is 16.3 Å². The summed E-state index contributed by atoms with van der Waals surface area (Å²) in [5, 5.41) is 2.73. The largest absolute Gasteiger partial charge is 0.495 e. The SMILES string of the molecule is COc1ccc(C)cc1N1C(=O)C(Cl)=C(Nc2ccc(C(=O)N3CCCC3)cc2)C1=O. The zero-order chi connectivity index (χ0) is 22.1. The minimum atomic E-state index is -0.626. The van der Waals surface area contributed by atoms with Gasteiger partial charge in [-0.05, 0) is 61.7 Å². The summed E-state index contributed by atoms with van der Waals surface area (Å²) in [6.07, 6.45) is 2.05. The Morgan fingerprint density at radius 2 is 1.71 bits per heavy atom. The van der Waals surface area contributed by atoms with Crippen LogP contribution in [0.15, 0.2) is 53.2 Å². The van der Waals surface area contributed by atoms with Gasteiger partial charge in [-0.15, -0.1) is 0 Å². The molecule has 4 rings (SSSR count). The number of amides is 3. The number of anilines is 2. The molecule has 1 saturated heterocycles. The van der Waals surface area contributed by atoms with E-state index >= 15 is 0 Å². The molecule has 1 fully saturated rings. The van der Waals surface area contributed by atoms with E-state index < -0.39 is 11.8 Å². The summed E-state index contributed by atoms with van der Waals surface area (Å²) >= 11 is 6.22. The lowest BCUT2D eigenvalue weighted by Gasteiger charge is -2.19. The number of nitrogens with zero attached hydrogens (tertiary/aromatic N) is 2. The number of hydrogen-bond acceptors (Lipinski definition) is 5. The molecule has 0 radical (unpaired) electrons. The average molecular weight is 440 g/mol. The molecular weight excluding hydrogens is 418 g/mol. The molecular formula is C23H22ClN3O4. The third kappa shape index (κ3) is 3.88. The van der Waals surface area contributed by atoms with Gasteiger partial charge in [0.25, 0.3) is 17.7 Å². The van der Waals surface area contributed by atoms with Crippen LogP contribution >= 0.6 is 11.6 Å². The predicted octanol–water partition coefficient (Wildman–Crippen LogP) is 3.68. The van der Waals surface area contributed by atoms with Crippen LogP contribution in [0.4, 0.5) is 11.4 Å². The molecule has 2 aliphatic heterocycles. The molecule has 2 aliphatic rings. The molecule has 160 valence electrons. The molecule has 3 amide bonds. The summed E-state index contributed by atoms with van der Waals surface area (Å²) in [6.45, 7) is 3.40. The Labute approximate surface area is 185 Å². The number of rotatable bonds is 5. The van der Waals surface area contributed by atoms with Crippen molar-refractivity contribution >= 4 is 40.7 Å². The number of halogens is 1. The number of hydrogen-bond donors (Lipinski definition) is 1. The molecule has 2 heterocycles. The third-order valence-corrected chi connectivity index (χ3v) is 5.75. The Kier molecular flexibility index (Phi) is 5.69. The van der Waals surface area contributed by atoms with Crippen molar-refractivity contribution in [2.24, 2.45) is 0 Å². The molecule has 0 bridgehead atoms. The smallest absolute Gasteiger partial charge is 0.283 e. The predicted molar refractivity (Wildman–Crippen MR) is 118 cm³/mol. The maximum atomic E-state index is 13.0. The molecule has 1 N–H and O–H groups in total. The van der Waals surface area contributed by atoms with Crippen LogP contribution in [-0.4, -0.2) is 42.8 Å². The minimum absolute atomic E-state index is 0.00821. The summed E-state index contributed by atoms with van der Waals surface area (Å²) < 4.78 is 5.31. The molecule has 7 nitrogen and oxygen atoms in total. The van der Waals surface area contributed by atoms with E-state index in [2.05, 4.69) is 5.32 Å². The van der Waals surface area contributed by atoms with Crippen molar-refractivity contribution in [2.75, 3.05) is 30.4 Å². The highest BCUT2D eigenvalue weighted by Crippen LogP contribution is 2.36. The number of imide groups is 1. The molecule has 0 unspecified atom stereocenters. The lowest BCUT2D eigenvalue weighted by atomic mass is 10.1. The Morgan fingerprint density at radius 1 is 1.03 bits per heavy atom. The zero-order valence-corrected chi connectivity index (χ0v) is 18.0. The molecule has 0 saturated carbocycles. The van der Waals surface area contributed by atoms with E-state index in [0.717, 1.165) is 36.4 Å². The summed E-state index contributed by atoms with van der Waals surface area (Å²) in [4.78, 5) is 41.1. The standard InChI is InChI=1S/C23H22ClN3O4/c1-14-5-10-18(31-2)17(13-14)27-22(29)19(24)20(23(27)30)25-16-8-6-15(7-9-16)21(28)26-11-3-4-12-26/h5-10,13,25H,3-4,11-12H2,1-2H3. The van der Waals surface area contributed by atoms with Gasteiger partial charge in [0.1, 0.15) is 16.5 Å². The van der Waals surface area contributed by atoms with Crippen LogP contribution in [0.1, 0.15) is 28.8 Å². The number of likely N-dealkylation sites (tertiary alicyclic amines) is 1. The van der Waals surface area contributed by atoms with Gasteiger partial charge in [-0.3, -0.25) is 14.4 Å². The fraction of sp³-hybridized carbons (Fsp3) is 0.261. The fourth-order valence-electron chi connectivity index (χ4n) is 3.75. The minimum Gasteiger partial charge on any atom is -0.495 e. The van der Waals surface area contributed by atoms with E-state index in [-0.39, 0.29) is 16.6 Å². The number of carbonyl (C=O) groups is 3. The van der Waals surface area contributed by atoms with Crippen molar-refractivity contribution in [1.29, 1.82) is 0 Å². The summed E-state index contributed by atoms with van der Waals surface area (Å²) in [5.41, 5.74) is 2.30. The van der Waals surface area contributed by atoms with E-state index in [1.807, 2.05) is 17.9 Å². The Morgan fingerprint density at radius 3 is 2.35 bits per heavy atom. The van der Waals surface area contributed by atoms with Crippen LogP contribution in [0.5, 0.6) is 5.75 Å². The number of carbonyl (C=O) groups excluding carboxylic acids is 3. The zero-order valence-electron chi connectivity index (χ0n) is 17.3. The Bertz CT molecular complexity index is 1090. The van der Waals surface area contributed by atoms with Gasteiger partial charge in [0, 0.05) is 24.3 Å². The Hall–Kier alpha value is -3.32. The molecule has 31 heavy (non-hydrogen) atoms. The van der Waals surface area contributed by atoms with Gasteiger partial charge in [0.15, 0.2) is 0 Å². The second-order valence-corrected chi connectivity index (χ2v) is 7.89. The molecule has 2 aromatic carbocycles. The molecule has 0 atom stereocenters. The van der Waals surface area contributed by atoms with Crippen LogP contribution in [0.3, 0.4) is 0 Å². The number of methoxy groups -OCH3 is 1. The first kappa shape index (κ1) is 20.9. The van der Waals surface area contributed by atoms with E-state index in [1.165, 1.54) is 7.11 Å². The molecule has 0 spiro atoms. The Balaban J connectivity index is 1.55. The van der Waals surface area contributed by atoms with Gasteiger partial charge in [0.05, 0.1) is 12.8 Å². The third-order valence-electron chi connectivity index (χ3n) is 5.40. The lowest BCUT2D eigenvalue weighted by Crippen LogP contribution is -2.32. The van der Waals surface area contributed by atoms with Gasteiger partial charge in [-0.2, -0.15) is 0 Å². The highest BCUT2D eigenvalue weighted by atomic mass is 35.5. The van der Waals surface area contributed by atoms with Gasteiger partial charge in [0.2, 0.25) is 0 Å². The topological polar surface area (TPSA) is 79.0 Å². The highest BCUT2D eigenvalue weighted by molar-refractivity contribution is 6.53. The number of nitrogens with one attached hydrogen (secondary N) is 1. The first-order valence-electron chi connectivity index (χ1n) is 10.0. The van der Waals surface area contributed by atoms with Crippen molar-refractivity contribution in [2.45, 2.75) is 19.8 Å². The molecule has 0 aromatic heterocycles. The number of aryl methyl sites for hydroxylation is 1. The monoisotopic (exact) mass is 439 g/mol. The van der Waals surface area contributed by atoms with Crippen molar-refractivity contribution in [3.8, 4) is 5.75 Å². The summed E-state index contributed by atoms with van der Waals surface area (Å²) in [5.74, 6) is -0.816. The first-order valence-corrected chi connectivity index (χ1v) is 10.4. The van der Waals surface area contributed by atoms with E-state index in [0.29, 0.717) is 22.7 Å². The average Bonchev–Trinajstić information content (AvgIpc) is 3.38. The molecule has 0 aliphatic carbocycles. The quantitative estimate of drug-likeness (QED) is 0.719. The van der Waals surface area contributed by atoms with Crippen LogP contribution in [0, 0.1) is 6.92 Å². The summed E-state index contributed by atoms with van der Waals surface area (Å²) in [7, 11) is 1.47. The van der Waals surface area contributed by atoms with Gasteiger partial charge < -0.3 is 15.0 Å². The first-order chi connectivity index (χ1) is 14.9. The van der Waals surface area contributed by atoms with Crippen molar-refractivity contribution < 1.29 is 19.1 Å². The molecule has 2 aromatic rings. The number of benzene rings is 2. The second kappa shape index (κ2) is 8.43. The second-order valence-electron chi connectivity index (χ2n) is 7.51. The van der Waals surface area contributed by atoms with Crippen molar-refractivity contribution in [1.82, 2.24) is 4.90 Å². The van der Waals surface area contributed by atoms with E-state index in [1.54, 1.807) is 36.4 Å². The van der Waals surface area contributed by atoms with Gasteiger partial charge in [-0.25, -0.2) is 4.90 Å². The van der Waals surface area contributed by atoms with Crippen LogP contribution in [-0.2, 0) is 9.59 Å². The van der Waals surface area contributed by atoms with Crippen LogP contribution < -0.4 is 15.0 Å². The molecule has 8 heteroatoms. The van der Waals surface area contributed by atoms with Crippen LogP contribution in [0.2, 0.25) is 0 Å². The van der Waals surface area contributed by atoms with E-state index in [9.17, 15) is 14.4 Å². The van der Waals surface area contributed by atoms with Crippen molar-refractivity contribution in [3.63, 3.8) is 0 Å². The lowest BCUT2D eigenvalue weighted by molar-refractivity contribution is -0.120. The number of ether oxygens (including phenoxy) is 1. The van der Waals surface area contributed by atoms with Crippen LogP contribution in [0.25, 0.3) is 0 Å². The maximum Gasteiger partial charge on any atom is 0.283 e. The summed E-state index contributed by atoms with van der Waals surface area (Å²) in [6, 6.07) is 12.0. The maximum absolute atomic E-state index is 13.0. The normalized spacial score (nSPS) is 16.4. The highest BCUT2D eigenvalue weighted by Gasteiger charge is 2.40.